The number of hydrazone groups is 2. The summed E-state index contributed by atoms with van der Waals surface area (Å²) >= 11 is 0. The molecule has 2 aliphatic rings. The van der Waals surface area contributed by atoms with Crippen molar-refractivity contribution in [3.8, 4) is 22.9 Å². The number of nitrogens with zero attached hydrogens (tertiary/aromatic N) is 6. The molecule has 0 radical (unpaired) electrons. The second kappa shape index (κ2) is 16.1. The predicted molar refractivity (Wildman–Crippen MR) is 268 cm³/mol. The topological polar surface area (TPSA) is 83.3 Å². The monoisotopic (exact) mass is 864 g/mol. The molecule has 0 fully saturated rings. The quantitative estimate of drug-likeness (QED) is 0.151. The third-order valence-electron chi connectivity index (χ3n) is 13.0. The second-order valence-corrected chi connectivity index (χ2v) is 19.6. The molecule has 326 valence electrons. The van der Waals surface area contributed by atoms with Gasteiger partial charge in [-0.15, -0.1) is 0 Å². The normalized spacial score (nSPS) is 16.6. The summed E-state index contributed by atoms with van der Waals surface area (Å²) in [5, 5.41) is 14.9. The molecular formula is C58H52N6O2. The van der Waals surface area contributed by atoms with Crippen molar-refractivity contribution in [3.63, 3.8) is 0 Å². The highest BCUT2D eigenvalue weighted by molar-refractivity contribution is 6.04. The Kier molecular flexibility index (Phi) is 10.1. The average molecular weight is 865 g/mol. The van der Waals surface area contributed by atoms with Crippen LogP contribution in [0.5, 0.6) is 0 Å². The molecule has 0 amide bonds. The van der Waals surface area contributed by atoms with Crippen molar-refractivity contribution in [2.45, 2.75) is 77.3 Å². The average Bonchev–Trinajstić information content (AvgIpc) is 4.16. The van der Waals surface area contributed by atoms with Gasteiger partial charge in [0.25, 0.3) is 0 Å². The highest BCUT2D eigenvalue weighted by atomic mass is 16.4. The molecule has 9 aromatic rings. The van der Waals surface area contributed by atoms with E-state index in [1.54, 1.807) is 0 Å². The first-order valence-electron chi connectivity index (χ1n) is 22.9. The first kappa shape index (κ1) is 41.1. The molecule has 0 bridgehead atoms. The summed E-state index contributed by atoms with van der Waals surface area (Å²) in [5.74, 6) is 1.22. The van der Waals surface area contributed by atoms with Crippen molar-refractivity contribution in [2.75, 3.05) is 10.0 Å². The Morgan fingerprint density at radius 1 is 0.424 bits per heavy atom. The molecular weight excluding hydrogens is 813 g/mol. The van der Waals surface area contributed by atoms with Gasteiger partial charge in [0, 0.05) is 24.0 Å². The van der Waals surface area contributed by atoms with E-state index in [1.165, 1.54) is 22.3 Å². The number of oxazole rings is 2. The summed E-state index contributed by atoms with van der Waals surface area (Å²) in [4.78, 5) is 9.78. The summed E-state index contributed by atoms with van der Waals surface area (Å²) < 4.78 is 12.5. The predicted octanol–water partition coefficient (Wildman–Crippen LogP) is 14.6. The van der Waals surface area contributed by atoms with Gasteiger partial charge >= 0.3 is 0 Å². The van der Waals surface area contributed by atoms with Crippen LogP contribution in [-0.2, 0) is 10.8 Å². The van der Waals surface area contributed by atoms with Crippen molar-refractivity contribution >= 4 is 45.0 Å². The van der Waals surface area contributed by atoms with Crippen LogP contribution in [0, 0.1) is 0 Å². The van der Waals surface area contributed by atoms with E-state index in [0.717, 1.165) is 80.1 Å². The summed E-state index contributed by atoms with van der Waals surface area (Å²) in [6.07, 6.45) is 1.54. The van der Waals surface area contributed by atoms with Crippen LogP contribution < -0.4 is 10.0 Å². The Bertz CT molecular complexity index is 3040. The molecule has 2 aliphatic heterocycles. The van der Waals surface area contributed by atoms with E-state index in [9.17, 15) is 0 Å². The van der Waals surface area contributed by atoms with Gasteiger partial charge in [-0.25, -0.2) is 9.97 Å². The lowest BCUT2D eigenvalue weighted by molar-refractivity contribution is 0.589. The number of hydrogen-bond acceptors (Lipinski definition) is 8. The van der Waals surface area contributed by atoms with Gasteiger partial charge < -0.3 is 8.83 Å². The SMILES string of the molecule is CC(C)(C)c1ccc2oc(-c3ccc(N4N=C(c5ccccc5)CC4c4ccc(C5CC(c6ccccc6)=NN5c5ccc(-c6nc7cc(C(C)(C)C)ccc7o6)cc5)cc4)cc3)nc2c1. The molecule has 2 unspecified atom stereocenters. The fourth-order valence-corrected chi connectivity index (χ4v) is 9.11. The molecule has 0 spiro atoms. The first-order chi connectivity index (χ1) is 31.9. The summed E-state index contributed by atoms with van der Waals surface area (Å²) in [7, 11) is 0. The van der Waals surface area contributed by atoms with E-state index in [0.29, 0.717) is 11.8 Å². The largest absolute Gasteiger partial charge is 0.436 e. The number of aromatic nitrogens is 2. The Balaban J connectivity index is 0.881. The van der Waals surface area contributed by atoms with E-state index in [1.807, 2.05) is 12.1 Å². The van der Waals surface area contributed by atoms with Crippen molar-refractivity contribution in [3.05, 3.63) is 203 Å². The van der Waals surface area contributed by atoms with E-state index >= 15 is 0 Å². The zero-order valence-electron chi connectivity index (χ0n) is 38.2. The Labute approximate surface area is 386 Å². The fourth-order valence-electron chi connectivity index (χ4n) is 9.11. The molecule has 0 saturated carbocycles. The summed E-state index contributed by atoms with van der Waals surface area (Å²) in [6.45, 7) is 13.3. The first-order valence-corrected chi connectivity index (χ1v) is 22.9. The molecule has 8 heteroatoms. The van der Waals surface area contributed by atoms with Crippen molar-refractivity contribution in [1.29, 1.82) is 0 Å². The molecule has 7 aromatic carbocycles. The van der Waals surface area contributed by atoms with Gasteiger partial charge in [-0.05, 0) is 117 Å². The Morgan fingerprint density at radius 3 is 1.17 bits per heavy atom. The van der Waals surface area contributed by atoms with Crippen LogP contribution in [0.4, 0.5) is 11.4 Å². The maximum atomic E-state index is 6.25. The van der Waals surface area contributed by atoms with Crippen LogP contribution in [0.1, 0.15) is 99.8 Å². The minimum Gasteiger partial charge on any atom is -0.436 e. The maximum Gasteiger partial charge on any atom is 0.227 e. The van der Waals surface area contributed by atoms with Crippen LogP contribution in [0.25, 0.3) is 45.1 Å². The number of hydrogen-bond donors (Lipinski definition) is 0. The van der Waals surface area contributed by atoms with Gasteiger partial charge in [0.05, 0.1) is 34.9 Å². The van der Waals surface area contributed by atoms with Crippen LogP contribution in [-0.4, -0.2) is 21.4 Å². The fraction of sp³-hybridized carbons (Fsp3) is 0.207. The van der Waals surface area contributed by atoms with Crippen molar-refractivity contribution < 1.29 is 8.83 Å². The van der Waals surface area contributed by atoms with Crippen LogP contribution in [0.2, 0.25) is 0 Å². The standard InChI is InChI=1S/C58H52N6O2/c1-57(2,3)43-25-31-53-49(33-43)59-55(65-53)41-21-27-45(28-22-41)63-51(35-47(61-63)37-13-9-7-10-14-37)39-17-19-40(20-18-39)52-36-48(38-15-11-8-12-16-38)62-64(52)46-29-23-42(24-30-46)56-60-50-34-44(58(4,5)6)26-32-54(50)66-56/h7-34,51-52H,35-36H2,1-6H3. The highest BCUT2D eigenvalue weighted by Gasteiger charge is 2.33. The lowest BCUT2D eigenvalue weighted by Gasteiger charge is -2.26. The van der Waals surface area contributed by atoms with Crippen LogP contribution >= 0.6 is 0 Å². The Morgan fingerprint density at radius 2 is 0.803 bits per heavy atom. The van der Waals surface area contributed by atoms with Gasteiger partial charge in [-0.3, -0.25) is 10.0 Å². The van der Waals surface area contributed by atoms with E-state index in [2.05, 4.69) is 209 Å². The van der Waals surface area contributed by atoms with Crippen molar-refractivity contribution in [2.24, 2.45) is 10.2 Å². The third kappa shape index (κ3) is 7.87. The van der Waals surface area contributed by atoms with E-state index in [-0.39, 0.29) is 22.9 Å². The Hall–Kier alpha value is -7.58. The van der Waals surface area contributed by atoms with E-state index in [4.69, 9.17) is 29.0 Å². The van der Waals surface area contributed by atoms with Gasteiger partial charge in [0.15, 0.2) is 11.2 Å². The minimum atomic E-state index is -0.00415. The smallest absolute Gasteiger partial charge is 0.227 e. The van der Waals surface area contributed by atoms with Gasteiger partial charge in [0.1, 0.15) is 11.0 Å². The van der Waals surface area contributed by atoms with Crippen molar-refractivity contribution in [1.82, 2.24) is 9.97 Å². The minimum absolute atomic E-state index is 0.00415. The van der Waals surface area contributed by atoms with E-state index < -0.39 is 0 Å². The number of anilines is 2. The molecule has 4 heterocycles. The molecule has 8 nitrogen and oxygen atoms in total. The molecule has 0 N–H and O–H groups in total. The number of fused-ring (bicyclic) bond motifs is 2. The van der Waals surface area contributed by atoms with Gasteiger partial charge in [-0.2, -0.15) is 10.2 Å². The second-order valence-electron chi connectivity index (χ2n) is 19.6. The third-order valence-corrected chi connectivity index (χ3v) is 13.0. The lowest BCUT2D eigenvalue weighted by atomic mass is 9.87. The number of benzene rings is 7. The molecule has 2 aromatic heterocycles. The molecule has 11 rings (SSSR count). The zero-order valence-corrected chi connectivity index (χ0v) is 38.2. The molecule has 2 atom stereocenters. The maximum absolute atomic E-state index is 6.25. The summed E-state index contributed by atoms with van der Waals surface area (Å²) in [5.41, 5.74) is 16.4. The van der Waals surface area contributed by atoms with Crippen LogP contribution in [0.3, 0.4) is 0 Å². The van der Waals surface area contributed by atoms with Gasteiger partial charge in [-0.1, -0.05) is 139 Å². The lowest BCUT2D eigenvalue weighted by Crippen LogP contribution is -2.20. The van der Waals surface area contributed by atoms with Crippen LogP contribution in [0.15, 0.2) is 189 Å². The molecule has 0 saturated heterocycles. The molecule has 66 heavy (non-hydrogen) atoms. The van der Waals surface area contributed by atoms with Gasteiger partial charge in [0.2, 0.25) is 11.8 Å². The molecule has 0 aliphatic carbocycles. The number of rotatable bonds is 8. The highest BCUT2D eigenvalue weighted by Crippen LogP contribution is 2.42. The summed E-state index contributed by atoms with van der Waals surface area (Å²) in [6, 6.07) is 59.5. The zero-order chi connectivity index (χ0) is 45.2.